The molecule has 25 heavy (non-hydrogen) atoms. The number of hydrogen-bond donors (Lipinski definition) is 2. The number of nitrogens with zero attached hydrogens (tertiary/aromatic N) is 1. The number of amides is 3. The number of esters is 1. The summed E-state index contributed by atoms with van der Waals surface area (Å²) in [6.45, 7) is 2.96. The first-order valence-electron chi connectivity index (χ1n) is 8.27. The fraction of sp³-hybridized carbons (Fsp3) is 0.471. The van der Waals surface area contributed by atoms with Crippen LogP contribution in [0.4, 0.5) is 10.5 Å². The van der Waals surface area contributed by atoms with Crippen molar-refractivity contribution in [3.8, 4) is 0 Å². The van der Waals surface area contributed by atoms with E-state index in [0.717, 1.165) is 12.8 Å². The fourth-order valence-corrected chi connectivity index (χ4v) is 2.66. The van der Waals surface area contributed by atoms with Crippen molar-refractivity contribution in [3.05, 3.63) is 29.3 Å². The van der Waals surface area contributed by atoms with E-state index in [9.17, 15) is 14.4 Å². The summed E-state index contributed by atoms with van der Waals surface area (Å²) in [4.78, 5) is 37.9. The molecule has 1 aliphatic heterocycles. The average molecular weight is 368 g/mol. The topological polar surface area (TPSA) is 87.7 Å². The van der Waals surface area contributed by atoms with Crippen molar-refractivity contribution < 1.29 is 19.1 Å². The van der Waals surface area contributed by atoms with Gasteiger partial charge in [0, 0.05) is 23.8 Å². The average Bonchev–Trinajstić information content (AvgIpc) is 2.57. The maximum atomic E-state index is 12.5. The van der Waals surface area contributed by atoms with Gasteiger partial charge in [-0.3, -0.25) is 9.59 Å². The highest BCUT2D eigenvalue weighted by Gasteiger charge is 2.35. The van der Waals surface area contributed by atoms with Crippen LogP contribution in [0.1, 0.15) is 26.2 Å². The van der Waals surface area contributed by atoms with E-state index in [0.29, 0.717) is 30.4 Å². The molecule has 0 aromatic heterocycles. The predicted molar refractivity (Wildman–Crippen MR) is 94.5 cm³/mol. The molecule has 1 aliphatic rings. The van der Waals surface area contributed by atoms with E-state index in [2.05, 4.69) is 10.6 Å². The second-order valence-corrected chi connectivity index (χ2v) is 6.16. The van der Waals surface area contributed by atoms with Crippen molar-refractivity contribution in [1.82, 2.24) is 10.2 Å². The summed E-state index contributed by atoms with van der Waals surface area (Å²) in [5.74, 6) is -0.851. The molecule has 2 N–H and O–H groups in total. The molecule has 8 heteroatoms. The maximum absolute atomic E-state index is 12.5. The normalized spacial score (nSPS) is 17.0. The standard InChI is InChI=1S/C17H22ClN3O4/c1-2-3-9-25-15(22)11-14-16(23)19-7-8-21(14)17(24)20-13-6-4-5-12(18)10-13/h4-6,10,14H,2-3,7-9,11H2,1H3,(H,19,23)(H,20,24). The monoisotopic (exact) mass is 367 g/mol. The molecule has 7 nitrogen and oxygen atoms in total. The number of nitrogens with one attached hydrogen (secondary N) is 2. The zero-order valence-corrected chi connectivity index (χ0v) is 14.8. The van der Waals surface area contributed by atoms with Gasteiger partial charge < -0.3 is 20.3 Å². The van der Waals surface area contributed by atoms with Crippen LogP contribution in [-0.4, -0.2) is 48.5 Å². The van der Waals surface area contributed by atoms with E-state index < -0.39 is 18.0 Å². The lowest BCUT2D eigenvalue weighted by Gasteiger charge is -2.34. The molecule has 3 amide bonds. The Kier molecular flexibility index (Phi) is 7.06. The first-order valence-corrected chi connectivity index (χ1v) is 8.65. The summed E-state index contributed by atoms with van der Waals surface area (Å²) in [6, 6.07) is 5.37. The Morgan fingerprint density at radius 1 is 1.44 bits per heavy atom. The predicted octanol–water partition coefficient (Wildman–Crippen LogP) is 2.41. The van der Waals surface area contributed by atoms with Crippen LogP contribution in [0.2, 0.25) is 5.02 Å². The third-order valence-electron chi connectivity index (χ3n) is 3.79. The smallest absolute Gasteiger partial charge is 0.322 e. The number of unbranched alkanes of at least 4 members (excludes halogenated alkanes) is 1. The van der Waals surface area contributed by atoms with Crippen LogP contribution in [0.3, 0.4) is 0 Å². The number of urea groups is 1. The number of halogens is 1. The van der Waals surface area contributed by atoms with E-state index >= 15 is 0 Å². The number of hydrogen-bond acceptors (Lipinski definition) is 4. The number of piperazine rings is 1. The third kappa shape index (κ3) is 5.63. The van der Waals surface area contributed by atoms with Crippen molar-refractivity contribution in [1.29, 1.82) is 0 Å². The number of anilines is 1. The Labute approximate surface area is 151 Å². The van der Waals surface area contributed by atoms with E-state index in [1.807, 2.05) is 6.92 Å². The van der Waals surface area contributed by atoms with Gasteiger partial charge in [0.15, 0.2) is 0 Å². The number of carbonyl (C=O) groups is 3. The molecule has 136 valence electrons. The highest BCUT2D eigenvalue weighted by Crippen LogP contribution is 2.17. The van der Waals surface area contributed by atoms with Gasteiger partial charge in [0.05, 0.1) is 13.0 Å². The lowest BCUT2D eigenvalue weighted by molar-refractivity contribution is -0.147. The van der Waals surface area contributed by atoms with E-state index in [1.54, 1.807) is 24.3 Å². The second kappa shape index (κ2) is 9.27. The lowest BCUT2D eigenvalue weighted by atomic mass is 10.1. The highest BCUT2D eigenvalue weighted by molar-refractivity contribution is 6.30. The molecular formula is C17H22ClN3O4. The first-order chi connectivity index (χ1) is 12.0. The molecule has 0 saturated carbocycles. The highest BCUT2D eigenvalue weighted by atomic mass is 35.5. The Morgan fingerprint density at radius 3 is 2.96 bits per heavy atom. The Balaban J connectivity index is 2.01. The van der Waals surface area contributed by atoms with Crippen molar-refractivity contribution >= 4 is 35.2 Å². The van der Waals surface area contributed by atoms with Crippen molar-refractivity contribution in [2.75, 3.05) is 25.0 Å². The van der Waals surface area contributed by atoms with Gasteiger partial charge in [-0.25, -0.2) is 4.79 Å². The van der Waals surface area contributed by atoms with Gasteiger partial charge in [-0.15, -0.1) is 0 Å². The molecule has 1 aromatic carbocycles. The van der Waals surface area contributed by atoms with Crippen LogP contribution in [-0.2, 0) is 14.3 Å². The van der Waals surface area contributed by atoms with Crippen molar-refractivity contribution in [2.24, 2.45) is 0 Å². The van der Waals surface area contributed by atoms with Gasteiger partial charge in [-0.2, -0.15) is 0 Å². The van der Waals surface area contributed by atoms with Crippen molar-refractivity contribution in [2.45, 2.75) is 32.2 Å². The summed E-state index contributed by atoms with van der Waals surface area (Å²) < 4.78 is 5.10. The van der Waals surface area contributed by atoms with Crippen LogP contribution >= 0.6 is 11.6 Å². The number of rotatable bonds is 6. The molecule has 1 unspecified atom stereocenters. The van der Waals surface area contributed by atoms with Crippen LogP contribution in [0, 0.1) is 0 Å². The van der Waals surface area contributed by atoms with Crippen LogP contribution in [0.15, 0.2) is 24.3 Å². The zero-order chi connectivity index (χ0) is 18.2. The van der Waals surface area contributed by atoms with E-state index in [1.165, 1.54) is 4.90 Å². The molecule has 0 spiro atoms. The quantitative estimate of drug-likeness (QED) is 0.597. The fourth-order valence-electron chi connectivity index (χ4n) is 2.47. The van der Waals surface area contributed by atoms with Gasteiger partial charge in [0.2, 0.25) is 5.91 Å². The van der Waals surface area contributed by atoms with Crippen LogP contribution in [0.5, 0.6) is 0 Å². The summed E-state index contributed by atoms with van der Waals surface area (Å²) >= 11 is 5.90. The number of benzene rings is 1. The molecule has 0 radical (unpaired) electrons. The lowest BCUT2D eigenvalue weighted by Crippen LogP contribution is -2.58. The van der Waals surface area contributed by atoms with Gasteiger partial charge in [0.1, 0.15) is 6.04 Å². The summed E-state index contributed by atoms with van der Waals surface area (Å²) in [7, 11) is 0. The van der Waals surface area contributed by atoms with Gasteiger partial charge in [0.25, 0.3) is 0 Å². The molecule has 1 aromatic rings. The third-order valence-corrected chi connectivity index (χ3v) is 4.02. The molecule has 1 heterocycles. The molecule has 1 fully saturated rings. The minimum Gasteiger partial charge on any atom is -0.466 e. The Bertz CT molecular complexity index is 638. The molecule has 2 rings (SSSR count). The van der Waals surface area contributed by atoms with Gasteiger partial charge in [-0.05, 0) is 24.6 Å². The van der Waals surface area contributed by atoms with Gasteiger partial charge in [-0.1, -0.05) is 31.0 Å². The largest absolute Gasteiger partial charge is 0.466 e. The Hall–Kier alpha value is -2.28. The summed E-state index contributed by atoms with van der Waals surface area (Å²) in [5.41, 5.74) is 0.521. The summed E-state index contributed by atoms with van der Waals surface area (Å²) in [5, 5.41) is 5.86. The molecule has 0 bridgehead atoms. The number of ether oxygens (including phenoxy) is 1. The Morgan fingerprint density at radius 2 is 2.24 bits per heavy atom. The van der Waals surface area contributed by atoms with Crippen molar-refractivity contribution in [3.63, 3.8) is 0 Å². The second-order valence-electron chi connectivity index (χ2n) is 5.72. The SMILES string of the molecule is CCCCOC(=O)CC1C(=O)NCCN1C(=O)Nc1cccc(Cl)c1. The molecule has 1 atom stereocenters. The molecule has 1 saturated heterocycles. The maximum Gasteiger partial charge on any atom is 0.322 e. The molecular weight excluding hydrogens is 346 g/mol. The van der Waals surface area contributed by atoms with Crippen LogP contribution < -0.4 is 10.6 Å². The zero-order valence-electron chi connectivity index (χ0n) is 14.1. The molecule has 0 aliphatic carbocycles. The summed E-state index contributed by atoms with van der Waals surface area (Å²) in [6.07, 6.45) is 1.51. The van der Waals surface area contributed by atoms with Gasteiger partial charge >= 0.3 is 12.0 Å². The van der Waals surface area contributed by atoms with E-state index in [-0.39, 0.29) is 12.3 Å². The minimum absolute atomic E-state index is 0.168. The first kappa shape index (κ1) is 19.1. The van der Waals surface area contributed by atoms with E-state index in [4.69, 9.17) is 16.3 Å². The van der Waals surface area contributed by atoms with Crippen LogP contribution in [0.25, 0.3) is 0 Å². The number of carbonyl (C=O) groups excluding carboxylic acids is 3. The minimum atomic E-state index is -0.887.